The number of carbonyl (C=O) groups excluding carboxylic acids is 3. The van der Waals surface area contributed by atoms with Crippen molar-refractivity contribution in [1.29, 1.82) is 0 Å². The fraction of sp³-hybridized carbons (Fsp3) is 0.353. The van der Waals surface area contributed by atoms with Gasteiger partial charge in [0.05, 0.1) is 30.1 Å². The predicted molar refractivity (Wildman–Crippen MR) is 93.1 cm³/mol. The molecule has 0 aromatic heterocycles. The number of allylic oxidation sites excluding steroid dienone is 1. The highest BCUT2D eigenvalue weighted by Gasteiger charge is 2.33. The van der Waals surface area contributed by atoms with Gasteiger partial charge in [-0.25, -0.2) is 0 Å². The Morgan fingerprint density at radius 2 is 1.60 bits per heavy atom. The van der Waals surface area contributed by atoms with Gasteiger partial charge in [-0.2, -0.15) is 0 Å². The van der Waals surface area contributed by atoms with Gasteiger partial charge in [-0.3, -0.25) is 19.0 Å². The van der Waals surface area contributed by atoms with Crippen LogP contribution in [-0.4, -0.2) is 45.3 Å². The molecule has 6 N–H and O–H groups in total. The molecule has 1 aromatic rings. The number of ketones is 3. The number of benzene rings is 1. The first kappa shape index (κ1) is 21.1. The number of hydrogen-bond donors (Lipinski definition) is 4. The molecule has 7 nitrogen and oxygen atoms in total. The van der Waals surface area contributed by atoms with Crippen LogP contribution in [0.5, 0.6) is 0 Å². The van der Waals surface area contributed by atoms with Crippen LogP contribution in [0.4, 0.5) is 0 Å². The summed E-state index contributed by atoms with van der Waals surface area (Å²) in [4.78, 5) is 37.0. The molecule has 0 radical (unpaired) electrons. The molecule has 2 rings (SSSR count). The Bertz CT molecular complexity index is 715. The summed E-state index contributed by atoms with van der Waals surface area (Å²) in [7, 11) is 0. The fourth-order valence-electron chi connectivity index (χ4n) is 2.60. The lowest BCUT2D eigenvalue weighted by molar-refractivity contribution is -0.123. The lowest BCUT2D eigenvalue weighted by atomic mass is 9.81. The summed E-state index contributed by atoms with van der Waals surface area (Å²) < 4.78 is 6.47. The first-order valence-corrected chi connectivity index (χ1v) is 7.87. The Labute approximate surface area is 150 Å². The van der Waals surface area contributed by atoms with E-state index in [1.807, 2.05) is 0 Å². The number of aliphatic hydroxyl groups is 1. The van der Waals surface area contributed by atoms with Gasteiger partial charge in [0.1, 0.15) is 0 Å². The van der Waals surface area contributed by atoms with E-state index in [1.165, 1.54) is 6.92 Å². The van der Waals surface area contributed by atoms with E-state index in [-0.39, 0.29) is 23.6 Å². The van der Waals surface area contributed by atoms with Crippen LogP contribution in [0.3, 0.4) is 0 Å². The van der Waals surface area contributed by atoms with Gasteiger partial charge in [0.2, 0.25) is 0 Å². The van der Waals surface area contributed by atoms with Crippen LogP contribution < -0.4 is 11.5 Å². The zero-order valence-corrected chi connectivity index (χ0v) is 14.7. The Balaban J connectivity index is 0.00000151. The van der Waals surface area contributed by atoms with Crippen molar-refractivity contribution in [3.05, 3.63) is 46.5 Å². The molecule has 0 saturated carbocycles. The van der Waals surface area contributed by atoms with Crippen molar-refractivity contribution in [2.45, 2.75) is 38.5 Å². The molecule has 0 bridgehead atoms. The molecule has 1 unspecified atom stereocenters. The van der Waals surface area contributed by atoms with Crippen LogP contribution >= 0.6 is 11.9 Å². The van der Waals surface area contributed by atoms with Gasteiger partial charge in [-0.15, -0.1) is 0 Å². The van der Waals surface area contributed by atoms with Crippen molar-refractivity contribution < 1.29 is 24.1 Å². The van der Waals surface area contributed by atoms with Gasteiger partial charge in [0.15, 0.2) is 17.3 Å². The number of nitrogens with two attached hydrogens (primary N) is 2. The number of fused-ring (bicyclic) bond motifs is 1. The molecule has 8 heteroatoms. The molecule has 1 aliphatic rings. The van der Waals surface area contributed by atoms with Crippen molar-refractivity contribution in [3.8, 4) is 0 Å². The topological polar surface area (TPSA) is 144 Å². The zero-order chi connectivity index (χ0) is 19.3. The molecule has 136 valence electrons. The first-order valence-electron chi connectivity index (χ1n) is 7.53. The van der Waals surface area contributed by atoms with Crippen LogP contribution in [0, 0.1) is 0 Å². The van der Waals surface area contributed by atoms with Crippen LogP contribution in [0.1, 0.15) is 41.0 Å². The SMILES string of the molecule is CC1=C(CC(N)C(=O)[C@@H](N)[C@@H](C)O)C(=O)c2ccccc2C1=O.OCl. The Hall–Kier alpha value is -1.90. The normalized spacial score (nSPS) is 17.2. The highest BCUT2D eigenvalue weighted by molar-refractivity contribution is 6.26. The summed E-state index contributed by atoms with van der Waals surface area (Å²) in [5.41, 5.74) is 12.6. The van der Waals surface area contributed by atoms with Gasteiger partial charge >= 0.3 is 0 Å². The summed E-state index contributed by atoms with van der Waals surface area (Å²) in [6.07, 6.45) is -1.11. The third kappa shape index (κ3) is 4.39. The molecule has 0 aliphatic heterocycles. The summed E-state index contributed by atoms with van der Waals surface area (Å²) in [5.74, 6) is -1.08. The van der Waals surface area contributed by atoms with Crippen LogP contribution in [0.15, 0.2) is 35.4 Å². The van der Waals surface area contributed by atoms with Crippen molar-refractivity contribution in [2.75, 3.05) is 0 Å². The van der Waals surface area contributed by atoms with E-state index in [1.54, 1.807) is 31.2 Å². The number of rotatable bonds is 5. The van der Waals surface area contributed by atoms with Crippen molar-refractivity contribution in [1.82, 2.24) is 0 Å². The highest BCUT2D eigenvalue weighted by Crippen LogP contribution is 2.28. The average Bonchev–Trinajstić information content (AvgIpc) is 2.63. The summed E-state index contributed by atoms with van der Waals surface area (Å²) in [5, 5.41) is 9.39. The van der Waals surface area contributed by atoms with E-state index in [9.17, 15) is 19.5 Å². The van der Waals surface area contributed by atoms with Gasteiger partial charge < -0.3 is 16.6 Å². The number of hydrogen-bond acceptors (Lipinski definition) is 7. The van der Waals surface area contributed by atoms with Crippen molar-refractivity contribution in [2.24, 2.45) is 11.5 Å². The number of aliphatic hydroxyl groups excluding tert-OH is 1. The molecule has 1 aromatic carbocycles. The summed E-state index contributed by atoms with van der Waals surface area (Å²) in [6, 6.07) is 4.39. The molecule has 1 aliphatic carbocycles. The fourth-order valence-corrected chi connectivity index (χ4v) is 2.60. The third-order valence-electron chi connectivity index (χ3n) is 4.12. The molecule has 0 fully saturated rings. The Morgan fingerprint density at radius 1 is 1.12 bits per heavy atom. The smallest absolute Gasteiger partial charge is 0.190 e. The largest absolute Gasteiger partial charge is 0.391 e. The number of Topliss-reactive ketones (excluding diaryl/α,β-unsaturated/α-hetero) is 3. The molecule has 0 heterocycles. The minimum atomic E-state index is -1.12. The number of halogens is 1. The quantitative estimate of drug-likeness (QED) is 0.592. The molecule has 0 amide bonds. The standard InChI is InChI=1S/C17H20N2O4.ClHO/c1-8-12(7-13(18)17(23)14(19)9(2)20)16(22)11-6-4-3-5-10(11)15(8)21;1-2/h3-6,9,13-14,20H,7,18-19H2,1-2H3;2H/t9-,13?,14+;/m1./s1. The van der Waals surface area contributed by atoms with E-state index in [0.29, 0.717) is 16.7 Å². The maximum Gasteiger partial charge on any atom is 0.190 e. The molecule has 3 atom stereocenters. The monoisotopic (exact) mass is 368 g/mol. The van der Waals surface area contributed by atoms with Crippen LogP contribution in [0.2, 0.25) is 0 Å². The van der Waals surface area contributed by atoms with E-state index >= 15 is 0 Å². The van der Waals surface area contributed by atoms with E-state index < -0.39 is 24.0 Å². The van der Waals surface area contributed by atoms with Crippen LogP contribution in [-0.2, 0) is 4.79 Å². The maximum absolute atomic E-state index is 12.6. The second kappa shape index (κ2) is 8.98. The van der Waals surface area contributed by atoms with E-state index in [2.05, 4.69) is 11.9 Å². The Kier molecular flexibility index (Phi) is 7.60. The molecular formula is C17H21ClN2O5. The maximum atomic E-state index is 12.6. The summed E-state index contributed by atoms with van der Waals surface area (Å²) in [6.45, 7) is 2.95. The van der Waals surface area contributed by atoms with Crippen LogP contribution in [0.25, 0.3) is 0 Å². The second-order valence-electron chi connectivity index (χ2n) is 5.79. The number of carbonyl (C=O) groups is 3. The molecule has 0 spiro atoms. The van der Waals surface area contributed by atoms with Crippen molar-refractivity contribution in [3.63, 3.8) is 0 Å². The van der Waals surface area contributed by atoms with Gasteiger partial charge in [0.25, 0.3) is 0 Å². The van der Waals surface area contributed by atoms with Crippen molar-refractivity contribution >= 4 is 29.2 Å². The molecular weight excluding hydrogens is 348 g/mol. The van der Waals surface area contributed by atoms with Gasteiger partial charge in [-0.1, -0.05) is 24.3 Å². The third-order valence-corrected chi connectivity index (χ3v) is 4.12. The lowest BCUT2D eigenvalue weighted by Crippen LogP contribution is -2.49. The van der Waals surface area contributed by atoms with Gasteiger partial charge in [0, 0.05) is 22.3 Å². The average molecular weight is 369 g/mol. The van der Waals surface area contributed by atoms with E-state index in [0.717, 1.165) is 0 Å². The summed E-state index contributed by atoms with van der Waals surface area (Å²) >= 11 is 3.64. The van der Waals surface area contributed by atoms with E-state index in [4.69, 9.17) is 16.1 Å². The van der Waals surface area contributed by atoms with Gasteiger partial charge in [-0.05, 0) is 20.3 Å². The predicted octanol–water partition coefficient (Wildman–Crippen LogP) is 0.509. The molecule has 25 heavy (non-hydrogen) atoms. The second-order valence-corrected chi connectivity index (χ2v) is 5.79. The highest BCUT2D eigenvalue weighted by atomic mass is 35.5. The lowest BCUT2D eigenvalue weighted by Gasteiger charge is -2.23. The minimum absolute atomic E-state index is 0.0794. The minimum Gasteiger partial charge on any atom is -0.391 e. The molecule has 0 saturated heterocycles. The Morgan fingerprint density at radius 3 is 2.08 bits per heavy atom. The zero-order valence-electron chi connectivity index (χ0n) is 13.9. The first-order chi connectivity index (χ1) is 11.8.